The number of benzene rings is 1. The lowest BCUT2D eigenvalue weighted by Crippen LogP contribution is -2.22. The molecule has 23 heavy (non-hydrogen) atoms. The minimum Gasteiger partial charge on any atom is -0.395 e. The summed E-state index contributed by atoms with van der Waals surface area (Å²) in [7, 11) is 0. The molecule has 0 bridgehead atoms. The SMILES string of the molecule is CCCN1CCC(c2nc3c(C(N)=O)cccc3n2CCO)C1. The number of hydrogen-bond donors (Lipinski definition) is 2. The summed E-state index contributed by atoms with van der Waals surface area (Å²) < 4.78 is 2.04. The van der Waals surface area contributed by atoms with Gasteiger partial charge in [-0.05, 0) is 38.1 Å². The lowest BCUT2D eigenvalue weighted by molar-refractivity contribution is 0.100. The molecule has 1 aliphatic heterocycles. The molecular weight excluding hydrogens is 292 g/mol. The summed E-state index contributed by atoms with van der Waals surface area (Å²) in [4.78, 5) is 18.9. The van der Waals surface area contributed by atoms with Crippen molar-refractivity contribution >= 4 is 16.9 Å². The van der Waals surface area contributed by atoms with E-state index in [4.69, 9.17) is 10.7 Å². The van der Waals surface area contributed by atoms with Crippen molar-refractivity contribution in [2.75, 3.05) is 26.2 Å². The Morgan fingerprint density at radius 3 is 2.96 bits per heavy atom. The van der Waals surface area contributed by atoms with E-state index in [1.165, 1.54) is 0 Å². The van der Waals surface area contributed by atoms with Gasteiger partial charge in [-0.1, -0.05) is 13.0 Å². The molecular formula is C17H24N4O2. The van der Waals surface area contributed by atoms with Crippen LogP contribution in [0, 0.1) is 0 Å². The van der Waals surface area contributed by atoms with Crippen LogP contribution in [0.25, 0.3) is 11.0 Å². The molecule has 1 amide bonds. The Labute approximate surface area is 135 Å². The van der Waals surface area contributed by atoms with E-state index in [1.54, 1.807) is 6.07 Å². The van der Waals surface area contributed by atoms with Crippen molar-refractivity contribution in [3.05, 3.63) is 29.6 Å². The number of nitrogens with zero attached hydrogens (tertiary/aromatic N) is 3. The van der Waals surface area contributed by atoms with E-state index in [0.717, 1.165) is 43.8 Å². The second-order valence-electron chi connectivity index (χ2n) is 6.17. The summed E-state index contributed by atoms with van der Waals surface area (Å²) in [5.74, 6) is 0.831. The third-order valence-corrected chi connectivity index (χ3v) is 4.57. The van der Waals surface area contributed by atoms with E-state index in [-0.39, 0.29) is 6.61 Å². The third kappa shape index (κ3) is 2.96. The molecule has 3 N–H and O–H groups in total. The van der Waals surface area contributed by atoms with Gasteiger partial charge in [-0.3, -0.25) is 4.79 Å². The van der Waals surface area contributed by atoms with Gasteiger partial charge in [0.25, 0.3) is 5.91 Å². The fraction of sp³-hybridized carbons (Fsp3) is 0.529. The molecule has 0 saturated carbocycles. The Bertz CT molecular complexity index is 710. The second-order valence-corrected chi connectivity index (χ2v) is 6.17. The Balaban J connectivity index is 2.04. The Morgan fingerprint density at radius 2 is 2.26 bits per heavy atom. The molecule has 1 fully saturated rings. The molecule has 1 saturated heterocycles. The van der Waals surface area contributed by atoms with Crippen molar-refractivity contribution in [2.45, 2.75) is 32.2 Å². The van der Waals surface area contributed by atoms with Crippen molar-refractivity contribution in [3.8, 4) is 0 Å². The van der Waals surface area contributed by atoms with Crippen molar-refractivity contribution in [2.24, 2.45) is 5.73 Å². The van der Waals surface area contributed by atoms with Gasteiger partial charge in [0.1, 0.15) is 11.3 Å². The number of carbonyl (C=O) groups excluding carboxylic acids is 1. The second kappa shape index (κ2) is 6.68. The van der Waals surface area contributed by atoms with Gasteiger partial charge in [0.2, 0.25) is 0 Å². The molecule has 1 aliphatic rings. The number of aromatic nitrogens is 2. The number of imidazole rings is 1. The van der Waals surface area contributed by atoms with E-state index < -0.39 is 5.91 Å². The van der Waals surface area contributed by atoms with Gasteiger partial charge < -0.3 is 20.3 Å². The fourth-order valence-electron chi connectivity index (χ4n) is 3.57. The highest BCUT2D eigenvalue weighted by Crippen LogP contribution is 2.30. The molecule has 2 heterocycles. The lowest BCUT2D eigenvalue weighted by Gasteiger charge is -2.15. The van der Waals surface area contributed by atoms with Gasteiger partial charge in [-0.25, -0.2) is 4.98 Å². The van der Waals surface area contributed by atoms with Crippen LogP contribution in [-0.4, -0.2) is 51.7 Å². The molecule has 1 unspecified atom stereocenters. The van der Waals surface area contributed by atoms with Gasteiger partial charge in [0.05, 0.1) is 17.7 Å². The zero-order chi connectivity index (χ0) is 16.4. The highest BCUT2D eigenvalue weighted by atomic mass is 16.3. The maximum atomic E-state index is 11.7. The Morgan fingerprint density at radius 1 is 1.43 bits per heavy atom. The first-order chi connectivity index (χ1) is 11.2. The summed E-state index contributed by atoms with van der Waals surface area (Å²) in [5, 5.41) is 9.43. The van der Waals surface area contributed by atoms with E-state index in [2.05, 4.69) is 11.8 Å². The van der Waals surface area contributed by atoms with Gasteiger partial charge in [-0.15, -0.1) is 0 Å². The van der Waals surface area contributed by atoms with Crippen molar-refractivity contribution in [3.63, 3.8) is 0 Å². The summed E-state index contributed by atoms with van der Waals surface area (Å²) in [6.07, 6.45) is 2.20. The van der Waals surface area contributed by atoms with E-state index in [0.29, 0.717) is 23.5 Å². The molecule has 0 spiro atoms. The number of aliphatic hydroxyl groups excluding tert-OH is 1. The smallest absolute Gasteiger partial charge is 0.250 e. The number of rotatable bonds is 6. The molecule has 6 heteroatoms. The van der Waals surface area contributed by atoms with E-state index >= 15 is 0 Å². The van der Waals surface area contributed by atoms with Crippen LogP contribution in [0.15, 0.2) is 18.2 Å². The minimum atomic E-state index is -0.463. The van der Waals surface area contributed by atoms with Crippen LogP contribution in [0.1, 0.15) is 41.9 Å². The zero-order valence-corrected chi connectivity index (χ0v) is 13.5. The molecule has 0 aliphatic carbocycles. The van der Waals surface area contributed by atoms with Crippen molar-refractivity contribution < 1.29 is 9.90 Å². The average Bonchev–Trinajstić information content (AvgIpc) is 3.12. The molecule has 0 radical (unpaired) electrons. The van der Waals surface area contributed by atoms with Gasteiger partial charge in [-0.2, -0.15) is 0 Å². The molecule has 124 valence electrons. The summed E-state index contributed by atoms with van der Waals surface area (Å²) in [6.45, 7) is 5.87. The van der Waals surface area contributed by atoms with Crippen LogP contribution in [-0.2, 0) is 6.54 Å². The highest BCUT2D eigenvalue weighted by Gasteiger charge is 2.28. The largest absolute Gasteiger partial charge is 0.395 e. The van der Waals surface area contributed by atoms with Crippen LogP contribution < -0.4 is 5.73 Å². The number of amides is 1. The first-order valence-corrected chi connectivity index (χ1v) is 8.27. The Hall–Kier alpha value is -1.92. The first-order valence-electron chi connectivity index (χ1n) is 8.27. The number of hydrogen-bond acceptors (Lipinski definition) is 4. The van der Waals surface area contributed by atoms with E-state index in [9.17, 15) is 9.90 Å². The summed E-state index contributed by atoms with van der Waals surface area (Å²) in [5.41, 5.74) is 7.46. The maximum absolute atomic E-state index is 11.7. The number of primary amides is 1. The number of likely N-dealkylation sites (tertiary alicyclic amines) is 1. The molecule has 3 rings (SSSR count). The van der Waals surface area contributed by atoms with Crippen molar-refractivity contribution in [1.82, 2.24) is 14.5 Å². The number of aliphatic hydroxyl groups is 1. The van der Waals surface area contributed by atoms with Crippen LogP contribution in [0.5, 0.6) is 0 Å². The average molecular weight is 316 g/mol. The maximum Gasteiger partial charge on any atom is 0.250 e. The highest BCUT2D eigenvalue weighted by molar-refractivity contribution is 6.04. The number of para-hydroxylation sites is 1. The quantitative estimate of drug-likeness (QED) is 0.842. The number of carbonyl (C=O) groups is 1. The molecule has 1 atom stereocenters. The molecule has 1 aromatic carbocycles. The van der Waals surface area contributed by atoms with Crippen LogP contribution in [0.2, 0.25) is 0 Å². The molecule has 6 nitrogen and oxygen atoms in total. The predicted octanol–water partition coefficient (Wildman–Crippen LogP) is 1.33. The summed E-state index contributed by atoms with van der Waals surface area (Å²) in [6, 6.07) is 5.47. The zero-order valence-electron chi connectivity index (χ0n) is 13.5. The summed E-state index contributed by atoms with van der Waals surface area (Å²) >= 11 is 0. The van der Waals surface area contributed by atoms with Crippen molar-refractivity contribution in [1.29, 1.82) is 0 Å². The van der Waals surface area contributed by atoms with Gasteiger partial charge in [0, 0.05) is 19.0 Å². The normalized spacial score (nSPS) is 18.8. The molecule has 1 aromatic heterocycles. The lowest BCUT2D eigenvalue weighted by atomic mass is 10.1. The fourth-order valence-corrected chi connectivity index (χ4v) is 3.57. The van der Waals surface area contributed by atoms with Crippen LogP contribution >= 0.6 is 0 Å². The first kappa shape index (κ1) is 16.0. The standard InChI is InChI=1S/C17H24N4O2/c1-2-7-20-8-6-12(11-20)17-19-15-13(16(18)23)4-3-5-14(15)21(17)9-10-22/h3-5,12,22H,2,6-11H2,1H3,(H2,18,23). The molecule has 2 aromatic rings. The number of fused-ring (bicyclic) bond motifs is 1. The van der Waals surface area contributed by atoms with Crippen LogP contribution in [0.4, 0.5) is 0 Å². The van der Waals surface area contributed by atoms with Gasteiger partial charge >= 0.3 is 0 Å². The van der Waals surface area contributed by atoms with E-state index in [1.807, 2.05) is 16.7 Å². The third-order valence-electron chi connectivity index (χ3n) is 4.57. The minimum absolute atomic E-state index is 0.0463. The Kier molecular flexibility index (Phi) is 4.63. The van der Waals surface area contributed by atoms with Gasteiger partial charge in [0.15, 0.2) is 0 Å². The topological polar surface area (TPSA) is 84.4 Å². The predicted molar refractivity (Wildman–Crippen MR) is 89.4 cm³/mol. The number of nitrogens with two attached hydrogens (primary N) is 1. The monoisotopic (exact) mass is 316 g/mol. The van der Waals surface area contributed by atoms with Crippen LogP contribution in [0.3, 0.4) is 0 Å².